The topological polar surface area (TPSA) is 118 Å². The second-order valence-electron chi connectivity index (χ2n) is 9.20. The van der Waals surface area contributed by atoms with Gasteiger partial charge >= 0.3 is 5.63 Å². The molecule has 0 fully saturated rings. The molecule has 0 aliphatic heterocycles. The van der Waals surface area contributed by atoms with Crippen LogP contribution in [0.4, 0.5) is 5.69 Å². The van der Waals surface area contributed by atoms with Crippen molar-refractivity contribution in [2.24, 2.45) is 0 Å². The molecule has 0 unspecified atom stereocenters. The number of hydrogen-bond acceptors (Lipinski definition) is 7. The van der Waals surface area contributed by atoms with Gasteiger partial charge in [0.2, 0.25) is 0 Å². The summed E-state index contributed by atoms with van der Waals surface area (Å²) < 4.78 is 10.6. The highest BCUT2D eigenvalue weighted by molar-refractivity contribution is 7.98. The molecule has 9 heteroatoms. The van der Waals surface area contributed by atoms with Crippen LogP contribution in [-0.2, 0) is 10.5 Å². The van der Waals surface area contributed by atoms with Gasteiger partial charge in [-0.1, -0.05) is 36.4 Å². The van der Waals surface area contributed by atoms with Gasteiger partial charge in [0.25, 0.3) is 11.8 Å². The van der Waals surface area contributed by atoms with Crippen LogP contribution in [-0.4, -0.2) is 24.0 Å². The molecule has 42 heavy (non-hydrogen) atoms. The van der Waals surface area contributed by atoms with Crippen molar-refractivity contribution < 1.29 is 23.8 Å². The van der Waals surface area contributed by atoms with Gasteiger partial charge in [0.15, 0.2) is 0 Å². The third-order valence-electron chi connectivity index (χ3n) is 6.23. The Hall–Kier alpha value is -5.28. The first kappa shape index (κ1) is 28.3. The molecule has 0 radical (unpaired) electrons. The number of methoxy groups -OCH3 is 1. The van der Waals surface area contributed by atoms with E-state index < -0.39 is 17.4 Å². The number of anilines is 1. The third kappa shape index (κ3) is 7.07. The summed E-state index contributed by atoms with van der Waals surface area (Å²) >= 11 is 1.41. The minimum atomic E-state index is -0.504. The maximum Gasteiger partial charge on any atom is 0.340 e. The minimum absolute atomic E-state index is 0.0215. The van der Waals surface area contributed by atoms with Crippen molar-refractivity contribution >= 4 is 46.3 Å². The SMILES string of the molecule is COc1ccc(/C=C(\NC(=O)c2ccccc2)C(=O)Nc2cccc(SCc3cc4ccc(O)cc4oc3=O)c2)cc1. The van der Waals surface area contributed by atoms with Gasteiger partial charge in [-0.25, -0.2) is 4.79 Å². The van der Waals surface area contributed by atoms with Crippen LogP contribution in [0.25, 0.3) is 17.0 Å². The number of rotatable bonds is 9. The Morgan fingerprint density at radius 2 is 1.71 bits per heavy atom. The molecule has 2 amide bonds. The number of hydrogen-bond donors (Lipinski definition) is 3. The summed E-state index contributed by atoms with van der Waals surface area (Å²) in [4.78, 5) is 39.6. The highest BCUT2D eigenvalue weighted by Gasteiger charge is 2.16. The monoisotopic (exact) mass is 578 g/mol. The van der Waals surface area contributed by atoms with Crippen LogP contribution in [0.5, 0.6) is 11.5 Å². The summed E-state index contributed by atoms with van der Waals surface area (Å²) in [6.45, 7) is 0. The van der Waals surface area contributed by atoms with Gasteiger partial charge in [-0.05, 0) is 72.3 Å². The molecule has 0 spiro atoms. The Balaban J connectivity index is 1.33. The van der Waals surface area contributed by atoms with E-state index in [0.29, 0.717) is 44.8 Å². The van der Waals surface area contributed by atoms with E-state index in [2.05, 4.69) is 10.6 Å². The molecule has 210 valence electrons. The molecule has 0 saturated carbocycles. The molecule has 1 aromatic heterocycles. The average Bonchev–Trinajstić information content (AvgIpc) is 3.00. The molecular formula is C33H26N2O6S. The van der Waals surface area contributed by atoms with Crippen LogP contribution in [0.1, 0.15) is 21.5 Å². The van der Waals surface area contributed by atoms with Gasteiger partial charge in [0.1, 0.15) is 22.8 Å². The molecule has 0 aliphatic rings. The summed E-state index contributed by atoms with van der Waals surface area (Å²) in [5.74, 6) is 0.108. The zero-order valence-electron chi connectivity index (χ0n) is 22.5. The molecule has 4 aromatic carbocycles. The van der Waals surface area contributed by atoms with E-state index in [1.807, 2.05) is 6.07 Å². The number of thioether (sulfide) groups is 1. The molecule has 8 nitrogen and oxygen atoms in total. The van der Waals surface area contributed by atoms with Crippen molar-refractivity contribution in [3.8, 4) is 11.5 Å². The van der Waals surface area contributed by atoms with Crippen molar-refractivity contribution in [3.63, 3.8) is 0 Å². The van der Waals surface area contributed by atoms with E-state index in [0.717, 1.165) is 4.90 Å². The zero-order chi connectivity index (χ0) is 29.5. The number of aromatic hydroxyl groups is 1. The summed E-state index contributed by atoms with van der Waals surface area (Å²) in [6.07, 6.45) is 1.59. The number of carbonyl (C=O) groups is 2. The lowest BCUT2D eigenvalue weighted by atomic mass is 10.1. The highest BCUT2D eigenvalue weighted by atomic mass is 32.2. The molecule has 5 rings (SSSR count). The van der Waals surface area contributed by atoms with Crippen LogP contribution < -0.4 is 21.0 Å². The maximum absolute atomic E-state index is 13.4. The molecule has 0 aliphatic carbocycles. The standard InChI is InChI=1S/C33H26N2O6S/c1-40-27-14-10-21(11-15-27)16-29(35-31(37)22-6-3-2-4-7-22)32(38)34-25-8-5-9-28(18-25)42-20-24-17-23-12-13-26(36)19-30(23)41-33(24)39/h2-19,36H,20H2,1H3,(H,34,38)(H,35,37)/b29-16-. The van der Waals surface area contributed by atoms with Crippen LogP contribution >= 0.6 is 11.8 Å². The van der Waals surface area contributed by atoms with Gasteiger partial charge < -0.3 is 24.9 Å². The maximum atomic E-state index is 13.4. The van der Waals surface area contributed by atoms with Crippen molar-refractivity contribution in [2.45, 2.75) is 10.6 Å². The van der Waals surface area contributed by atoms with Crippen molar-refractivity contribution in [1.29, 1.82) is 0 Å². The van der Waals surface area contributed by atoms with E-state index in [-0.39, 0.29) is 11.4 Å². The molecule has 0 saturated heterocycles. The van der Waals surface area contributed by atoms with Gasteiger partial charge in [0.05, 0.1) is 7.11 Å². The average molecular weight is 579 g/mol. The van der Waals surface area contributed by atoms with Crippen molar-refractivity contribution in [3.05, 3.63) is 136 Å². The number of phenolic OH excluding ortho intramolecular Hbond substituents is 1. The van der Waals surface area contributed by atoms with Gasteiger partial charge in [-0.15, -0.1) is 11.8 Å². The second-order valence-corrected chi connectivity index (χ2v) is 10.3. The van der Waals surface area contributed by atoms with E-state index in [1.54, 1.807) is 98.1 Å². The number of benzene rings is 4. The summed E-state index contributed by atoms with van der Waals surface area (Å²) in [7, 11) is 1.57. The van der Waals surface area contributed by atoms with E-state index in [9.17, 15) is 19.5 Å². The fourth-order valence-corrected chi connectivity index (χ4v) is 4.98. The summed E-state index contributed by atoms with van der Waals surface area (Å²) in [5, 5.41) is 15.9. The summed E-state index contributed by atoms with van der Waals surface area (Å²) in [6, 6.07) is 29.3. The van der Waals surface area contributed by atoms with Crippen LogP contribution in [0, 0.1) is 0 Å². The van der Waals surface area contributed by atoms with Crippen LogP contribution in [0.2, 0.25) is 0 Å². The molecule has 0 atom stereocenters. The van der Waals surface area contributed by atoms with Gasteiger partial charge in [-0.2, -0.15) is 0 Å². The number of phenols is 1. The quantitative estimate of drug-likeness (QED) is 0.108. The largest absolute Gasteiger partial charge is 0.508 e. The first-order chi connectivity index (χ1) is 20.4. The smallest absolute Gasteiger partial charge is 0.340 e. The van der Waals surface area contributed by atoms with Crippen molar-refractivity contribution in [2.75, 3.05) is 12.4 Å². The number of ether oxygens (including phenoxy) is 1. The molecule has 5 aromatic rings. The lowest BCUT2D eigenvalue weighted by Crippen LogP contribution is -2.30. The first-order valence-electron chi connectivity index (χ1n) is 12.9. The number of carbonyl (C=O) groups excluding carboxylic acids is 2. The molecular weight excluding hydrogens is 552 g/mol. The van der Waals surface area contributed by atoms with Gasteiger partial charge in [-0.3, -0.25) is 9.59 Å². The molecule has 1 heterocycles. The Morgan fingerprint density at radius 3 is 2.48 bits per heavy atom. The molecule has 3 N–H and O–H groups in total. The lowest BCUT2D eigenvalue weighted by molar-refractivity contribution is -0.113. The number of fused-ring (bicyclic) bond motifs is 1. The van der Waals surface area contributed by atoms with Crippen LogP contribution in [0.15, 0.2) is 123 Å². The third-order valence-corrected chi connectivity index (χ3v) is 7.28. The predicted octanol–water partition coefficient (Wildman–Crippen LogP) is 6.21. The Bertz CT molecular complexity index is 1830. The minimum Gasteiger partial charge on any atom is -0.508 e. The molecule has 0 bridgehead atoms. The number of nitrogens with one attached hydrogen (secondary N) is 2. The normalized spacial score (nSPS) is 11.2. The zero-order valence-corrected chi connectivity index (χ0v) is 23.3. The Labute approximate surface area is 245 Å². The number of amides is 2. The lowest BCUT2D eigenvalue weighted by Gasteiger charge is -2.12. The predicted molar refractivity (Wildman–Crippen MR) is 164 cm³/mol. The van der Waals surface area contributed by atoms with Crippen molar-refractivity contribution in [1.82, 2.24) is 5.32 Å². The van der Waals surface area contributed by atoms with Crippen LogP contribution in [0.3, 0.4) is 0 Å². The van der Waals surface area contributed by atoms with E-state index >= 15 is 0 Å². The van der Waals surface area contributed by atoms with E-state index in [4.69, 9.17) is 9.15 Å². The summed E-state index contributed by atoms with van der Waals surface area (Å²) in [5.41, 5.74) is 2.00. The van der Waals surface area contributed by atoms with E-state index in [1.165, 1.54) is 23.9 Å². The first-order valence-corrected chi connectivity index (χ1v) is 13.9. The second kappa shape index (κ2) is 12.9. The Kier molecular flexibility index (Phi) is 8.70. The van der Waals surface area contributed by atoms with Gasteiger partial charge in [0, 0.05) is 38.9 Å². The fourth-order valence-electron chi connectivity index (χ4n) is 4.08. The Morgan fingerprint density at radius 1 is 0.929 bits per heavy atom. The fraction of sp³-hybridized carbons (Fsp3) is 0.0606. The highest BCUT2D eigenvalue weighted by Crippen LogP contribution is 2.27.